The van der Waals surface area contributed by atoms with Gasteiger partial charge in [0.15, 0.2) is 5.82 Å². The average Bonchev–Trinajstić information content (AvgIpc) is 3.96. The van der Waals surface area contributed by atoms with Crippen LogP contribution in [0.25, 0.3) is 121 Å². The van der Waals surface area contributed by atoms with Gasteiger partial charge in [-0.3, -0.25) is 4.57 Å². The van der Waals surface area contributed by atoms with Gasteiger partial charge in [0.2, 0.25) is 0 Å². The van der Waals surface area contributed by atoms with Crippen LogP contribution in [0, 0.1) is 0 Å². The standard InChI is InChI=1S/C56H34N4/c1-4-14-35(15-5-1)38-24-26-39(27-25-38)55-57-47-22-12-10-20-42(47)56(58-55)60-50-31-29-41(37-18-8-3-9-19-37)33-46(50)52-51(60)34-45-44-32-40(36-16-6-2-7-17-36)28-30-49(44)59-48-23-13-11-21-43(48)53(52)54(45)59/h1-34H. The monoisotopic (exact) mass is 762 g/mol. The van der Waals surface area contributed by atoms with Crippen molar-refractivity contribution in [3.63, 3.8) is 0 Å². The van der Waals surface area contributed by atoms with Crippen LogP contribution < -0.4 is 0 Å². The van der Waals surface area contributed by atoms with Crippen molar-refractivity contribution in [2.45, 2.75) is 0 Å². The molecule has 0 aliphatic carbocycles. The zero-order chi connectivity index (χ0) is 39.3. The summed E-state index contributed by atoms with van der Waals surface area (Å²) in [6, 6.07) is 74.2. The minimum Gasteiger partial charge on any atom is -0.308 e. The number of para-hydroxylation sites is 2. The zero-order valence-electron chi connectivity index (χ0n) is 32.4. The fraction of sp³-hybridized carbons (Fsp3) is 0. The average molecular weight is 763 g/mol. The molecule has 13 aromatic rings. The molecule has 0 spiro atoms. The Morgan fingerprint density at radius 2 is 0.817 bits per heavy atom. The number of hydrogen-bond donors (Lipinski definition) is 0. The fourth-order valence-corrected chi connectivity index (χ4v) is 9.72. The summed E-state index contributed by atoms with van der Waals surface area (Å²) in [5, 5.41) is 8.38. The molecule has 278 valence electrons. The summed E-state index contributed by atoms with van der Waals surface area (Å²) < 4.78 is 4.90. The molecule has 4 aromatic heterocycles. The maximum Gasteiger partial charge on any atom is 0.162 e. The lowest BCUT2D eigenvalue weighted by Gasteiger charge is -2.13. The molecule has 0 radical (unpaired) electrons. The van der Waals surface area contributed by atoms with Crippen LogP contribution in [0.5, 0.6) is 0 Å². The lowest BCUT2D eigenvalue weighted by molar-refractivity contribution is 1.08. The van der Waals surface area contributed by atoms with Gasteiger partial charge in [-0.1, -0.05) is 158 Å². The predicted molar refractivity (Wildman–Crippen MR) is 250 cm³/mol. The van der Waals surface area contributed by atoms with E-state index in [1.807, 2.05) is 0 Å². The molecule has 0 amide bonds. The van der Waals surface area contributed by atoms with Crippen molar-refractivity contribution in [1.82, 2.24) is 18.9 Å². The number of aromatic nitrogens is 4. The molecule has 4 heterocycles. The second kappa shape index (κ2) is 12.7. The van der Waals surface area contributed by atoms with Crippen LogP contribution in [-0.2, 0) is 0 Å². The molecular formula is C56H34N4. The number of benzene rings is 9. The fourth-order valence-electron chi connectivity index (χ4n) is 9.72. The number of nitrogens with zero attached hydrogens (tertiary/aromatic N) is 4. The van der Waals surface area contributed by atoms with Crippen molar-refractivity contribution in [3.8, 4) is 50.6 Å². The van der Waals surface area contributed by atoms with E-state index >= 15 is 0 Å². The van der Waals surface area contributed by atoms with Crippen molar-refractivity contribution in [2.24, 2.45) is 0 Å². The molecule has 0 saturated heterocycles. The van der Waals surface area contributed by atoms with Gasteiger partial charge in [-0.25, -0.2) is 9.97 Å². The van der Waals surface area contributed by atoms with E-state index in [0.29, 0.717) is 5.82 Å². The molecule has 13 rings (SSSR count). The van der Waals surface area contributed by atoms with Crippen molar-refractivity contribution in [3.05, 3.63) is 206 Å². The summed E-state index contributed by atoms with van der Waals surface area (Å²) in [7, 11) is 0. The third kappa shape index (κ3) is 4.79. The molecule has 0 atom stereocenters. The lowest BCUT2D eigenvalue weighted by atomic mass is 9.98. The Morgan fingerprint density at radius 1 is 0.300 bits per heavy atom. The van der Waals surface area contributed by atoms with Crippen molar-refractivity contribution in [2.75, 3.05) is 0 Å². The van der Waals surface area contributed by atoms with E-state index in [9.17, 15) is 0 Å². The molecule has 4 heteroatoms. The molecule has 0 aliphatic rings. The highest BCUT2D eigenvalue weighted by atomic mass is 15.1. The Kier molecular flexibility index (Phi) is 6.98. The van der Waals surface area contributed by atoms with Crippen molar-refractivity contribution < 1.29 is 0 Å². The SMILES string of the molecule is c1ccc(-c2ccc(-c3nc(-n4c5ccc(-c6ccccc6)cc5c5c6c7ccccc7n7c8ccc(-c9ccccc9)cc8c(cc54)c67)c4ccccc4n3)cc2)cc1. The lowest BCUT2D eigenvalue weighted by Crippen LogP contribution is -2.02. The van der Waals surface area contributed by atoms with Crippen LogP contribution in [0.4, 0.5) is 0 Å². The highest BCUT2D eigenvalue weighted by Crippen LogP contribution is 2.48. The third-order valence-corrected chi connectivity index (χ3v) is 12.5. The van der Waals surface area contributed by atoms with E-state index in [-0.39, 0.29) is 0 Å². The molecule has 0 saturated carbocycles. The highest BCUT2D eigenvalue weighted by molar-refractivity contribution is 6.36. The number of hydrogen-bond acceptors (Lipinski definition) is 2. The minimum absolute atomic E-state index is 0.694. The maximum absolute atomic E-state index is 5.54. The number of rotatable bonds is 5. The van der Waals surface area contributed by atoms with Gasteiger partial charge in [-0.2, -0.15) is 0 Å². The van der Waals surface area contributed by atoms with E-state index < -0.39 is 0 Å². The van der Waals surface area contributed by atoms with Gasteiger partial charge in [0.05, 0.1) is 33.1 Å². The van der Waals surface area contributed by atoms with E-state index in [4.69, 9.17) is 9.97 Å². The number of fused-ring (bicyclic) bond motifs is 11. The largest absolute Gasteiger partial charge is 0.308 e. The van der Waals surface area contributed by atoms with Crippen LogP contribution >= 0.6 is 0 Å². The Hall–Kier alpha value is -8.08. The van der Waals surface area contributed by atoms with Crippen LogP contribution in [-0.4, -0.2) is 18.9 Å². The van der Waals surface area contributed by atoms with Crippen LogP contribution in [0.1, 0.15) is 0 Å². The van der Waals surface area contributed by atoms with Crippen LogP contribution in [0.3, 0.4) is 0 Å². The Labute approximate surface area is 345 Å². The first-order chi connectivity index (χ1) is 29.8. The first-order valence-electron chi connectivity index (χ1n) is 20.5. The summed E-state index contributed by atoms with van der Waals surface area (Å²) in [6.45, 7) is 0. The second-order valence-electron chi connectivity index (χ2n) is 15.8. The predicted octanol–water partition coefficient (Wildman–Crippen LogP) is 14.5. The molecule has 9 aromatic carbocycles. The third-order valence-electron chi connectivity index (χ3n) is 12.5. The molecule has 0 unspecified atom stereocenters. The van der Waals surface area contributed by atoms with E-state index in [1.54, 1.807) is 0 Å². The van der Waals surface area contributed by atoms with Gasteiger partial charge in [-0.15, -0.1) is 0 Å². The summed E-state index contributed by atoms with van der Waals surface area (Å²) in [6.07, 6.45) is 0. The molecule has 0 bridgehead atoms. The first-order valence-corrected chi connectivity index (χ1v) is 20.5. The van der Waals surface area contributed by atoms with Crippen LogP contribution in [0.2, 0.25) is 0 Å². The van der Waals surface area contributed by atoms with Gasteiger partial charge in [-0.05, 0) is 81.9 Å². The van der Waals surface area contributed by atoms with Crippen molar-refractivity contribution in [1.29, 1.82) is 0 Å². The van der Waals surface area contributed by atoms with Crippen molar-refractivity contribution >= 4 is 70.8 Å². The summed E-state index contributed by atoms with van der Waals surface area (Å²) in [5.41, 5.74) is 14.9. The second-order valence-corrected chi connectivity index (χ2v) is 15.8. The summed E-state index contributed by atoms with van der Waals surface area (Å²) >= 11 is 0. The first kappa shape index (κ1) is 32.9. The van der Waals surface area contributed by atoms with Gasteiger partial charge in [0, 0.05) is 43.3 Å². The summed E-state index contributed by atoms with van der Waals surface area (Å²) in [4.78, 5) is 10.7. The van der Waals surface area contributed by atoms with Crippen LogP contribution in [0.15, 0.2) is 206 Å². The minimum atomic E-state index is 0.694. The Balaban J connectivity index is 1.17. The normalized spacial score (nSPS) is 12.0. The Morgan fingerprint density at radius 3 is 1.52 bits per heavy atom. The maximum atomic E-state index is 5.54. The molecule has 60 heavy (non-hydrogen) atoms. The van der Waals surface area contributed by atoms with E-state index in [1.165, 1.54) is 76.7 Å². The smallest absolute Gasteiger partial charge is 0.162 e. The van der Waals surface area contributed by atoms with Gasteiger partial charge >= 0.3 is 0 Å². The van der Waals surface area contributed by atoms with E-state index in [0.717, 1.165) is 38.9 Å². The van der Waals surface area contributed by atoms with Gasteiger partial charge < -0.3 is 4.40 Å². The summed E-state index contributed by atoms with van der Waals surface area (Å²) in [5.74, 6) is 1.56. The topological polar surface area (TPSA) is 35.1 Å². The highest BCUT2D eigenvalue weighted by Gasteiger charge is 2.26. The molecule has 4 nitrogen and oxygen atoms in total. The molecule has 0 aliphatic heterocycles. The van der Waals surface area contributed by atoms with Gasteiger partial charge in [0.1, 0.15) is 5.82 Å². The molecule has 0 N–H and O–H groups in total. The zero-order valence-corrected chi connectivity index (χ0v) is 32.4. The van der Waals surface area contributed by atoms with Gasteiger partial charge in [0.25, 0.3) is 0 Å². The Bertz CT molecular complexity index is 3790. The van der Waals surface area contributed by atoms with E-state index in [2.05, 4.69) is 215 Å². The quantitative estimate of drug-likeness (QED) is 0.175. The molecule has 0 fully saturated rings. The molecular weight excluding hydrogens is 729 g/mol.